The molecule has 90 valence electrons. The van der Waals surface area contributed by atoms with Crippen LogP contribution >= 0.6 is 0 Å². The van der Waals surface area contributed by atoms with Crippen LogP contribution in [0.4, 0.5) is 0 Å². The van der Waals surface area contributed by atoms with Gasteiger partial charge in [-0.3, -0.25) is 4.79 Å². The Morgan fingerprint density at radius 3 is 2.75 bits per heavy atom. The predicted molar refractivity (Wildman–Crippen MR) is 62.1 cm³/mol. The highest BCUT2D eigenvalue weighted by molar-refractivity contribution is 5.72. The summed E-state index contributed by atoms with van der Waals surface area (Å²) in [6.45, 7) is 8.58. The van der Waals surface area contributed by atoms with Crippen LogP contribution in [0.3, 0.4) is 0 Å². The molecule has 0 radical (unpaired) electrons. The van der Waals surface area contributed by atoms with Gasteiger partial charge in [-0.2, -0.15) is 0 Å². The lowest BCUT2D eigenvalue weighted by Gasteiger charge is -2.22. The van der Waals surface area contributed by atoms with E-state index in [1.807, 2.05) is 0 Å². The zero-order chi connectivity index (χ0) is 12.2. The summed E-state index contributed by atoms with van der Waals surface area (Å²) in [5.41, 5.74) is 0.244. The third-order valence-electron chi connectivity index (χ3n) is 2.17. The number of nitrogens with one attached hydrogen (secondary N) is 1. The number of H-pyrrole nitrogens is 1. The molecule has 1 aromatic rings. The Hall–Kier alpha value is -1.32. The highest BCUT2D eigenvalue weighted by atomic mass is 16.5. The summed E-state index contributed by atoms with van der Waals surface area (Å²) >= 11 is 0. The average Bonchev–Trinajstić information content (AvgIpc) is 2.51. The Labute approximate surface area is 96.4 Å². The largest absolute Gasteiger partial charge is 0.408 e. The molecule has 0 spiro atoms. The summed E-state index contributed by atoms with van der Waals surface area (Å²) < 4.78 is 5.08. The second kappa shape index (κ2) is 5.14. The maximum Gasteiger partial charge on any atom is 0.312 e. The van der Waals surface area contributed by atoms with Crippen molar-refractivity contribution in [3.63, 3.8) is 0 Å². The highest BCUT2D eigenvalue weighted by Gasteiger charge is 2.18. The quantitative estimate of drug-likeness (QED) is 0.800. The number of imidazole rings is 1. The molecule has 0 aliphatic carbocycles. The van der Waals surface area contributed by atoms with Gasteiger partial charge in [-0.15, -0.1) is 0 Å². The van der Waals surface area contributed by atoms with Gasteiger partial charge in [0.1, 0.15) is 0 Å². The van der Waals surface area contributed by atoms with E-state index in [0.717, 1.165) is 6.42 Å². The Bertz CT molecular complexity index is 325. The molecule has 16 heavy (non-hydrogen) atoms. The van der Waals surface area contributed by atoms with Crippen molar-refractivity contribution in [2.45, 2.75) is 40.5 Å². The molecule has 0 saturated heterocycles. The molecule has 0 bridgehead atoms. The number of hydrogen-bond acceptors (Lipinski definition) is 3. The number of carbonyl (C=O) groups excluding carboxylic acids is 1. The molecule has 1 aromatic heterocycles. The third-order valence-corrected chi connectivity index (χ3v) is 2.17. The van der Waals surface area contributed by atoms with Crippen molar-refractivity contribution in [2.75, 3.05) is 0 Å². The van der Waals surface area contributed by atoms with E-state index in [-0.39, 0.29) is 11.4 Å². The summed E-state index contributed by atoms with van der Waals surface area (Å²) in [5, 5.41) is 0. The first-order valence-electron chi connectivity index (χ1n) is 5.56. The lowest BCUT2D eigenvalue weighted by Crippen LogP contribution is -2.17. The van der Waals surface area contributed by atoms with Crippen LogP contribution in [0.25, 0.3) is 0 Å². The maximum atomic E-state index is 11.5. The van der Waals surface area contributed by atoms with Gasteiger partial charge in [-0.1, -0.05) is 27.7 Å². The van der Waals surface area contributed by atoms with Crippen LogP contribution in [-0.2, 0) is 4.79 Å². The molecule has 0 aliphatic heterocycles. The normalized spacial score (nSPS) is 13.5. The van der Waals surface area contributed by atoms with Gasteiger partial charge < -0.3 is 9.72 Å². The van der Waals surface area contributed by atoms with Crippen LogP contribution < -0.4 is 4.74 Å². The fourth-order valence-electron chi connectivity index (χ4n) is 1.87. The number of carbonyl (C=O) groups is 1. The van der Waals surface area contributed by atoms with Gasteiger partial charge in [-0.05, 0) is 17.8 Å². The summed E-state index contributed by atoms with van der Waals surface area (Å²) in [6, 6.07) is 0. The van der Waals surface area contributed by atoms with Gasteiger partial charge in [0.05, 0.1) is 12.5 Å². The number of esters is 1. The molecule has 1 atom stereocenters. The second-order valence-corrected chi connectivity index (χ2v) is 5.46. The number of aromatic amines is 1. The van der Waals surface area contributed by atoms with Crippen molar-refractivity contribution in [3.8, 4) is 5.88 Å². The molecule has 0 saturated carbocycles. The summed E-state index contributed by atoms with van der Waals surface area (Å²) in [5.74, 6) is 0.532. The molecular formula is C12H20N2O2. The van der Waals surface area contributed by atoms with Crippen LogP contribution in [0.2, 0.25) is 0 Å². The van der Waals surface area contributed by atoms with Crippen molar-refractivity contribution in [1.82, 2.24) is 9.97 Å². The molecule has 0 fully saturated rings. The van der Waals surface area contributed by atoms with Crippen molar-refractivity contribution in [3.05, 3.63) is 12.5 Å². The third kappa shape index (κ3) is 4.96. The molecule has 4 heteroatoms. The Morgan fingerprint density at radius 1 is 1.56 bits per heavy atom. The van der Waals surface area contributed by atoms with E-state index in [2.05, 4.69) is 37.7 Å². The van der Waals surface area contributed by atoms with Crippen LogP contribution in [0, 0.1) is 11.3 Å². The molecule has 1 unspecified atom stereocenters. The highest BCUT2D eigenvalue weighted by Crippen LogP contribution is 2.26. The van der Waals surface area contributed by atoms with Gasteiger partial charge in [0.2, 0.25) is 5.88 Å². The lowest BCUT2D eigenvalue weighted by atomic mass is 9.84. The Morgan fingerprint density at radius 2 is 2.25 bits per heavy atom. The first-order valence-corrected chi connectivity index (χ1v) is 5.56. The SMILES string of the molecule is CC(CC(=O)Oc1cnc[nH]1)CC(C)(C)C. The fraction of sp³-hybridized carbons (Fsp3) is 0.667. The van der Waals surface area contributed by atoms with Crippen molar-refractivity contribution >= 4 is 5.97 Å². The molecule has 1 N–H and O–H groups in total. The molecule has 0 aliphatic rings. The van der Waals surface area contributed by atoms with Crippen LogP contribution in [-0.4, -0.2) is 15.9 Å². The van der Waals surface area contributed by atoms with Gasteiger partial charge in [0, 0.05) is 6.42 Å². The second-order valence-electron chi connectivity index (χ2n) is 5.46. The number of hydrogen-bond donors (Lipinski definition) is 1. The van der Waals surface area contributed by atoms with Gasteiger partial charge >= 0.3 is 5.97 Å². The molecule has 4 nitrogen and oxygen atoms in total. The topological polar surface area (TPSA) is 55.0 Å². The van der Waals surface area contributed by atoms with Gasteiger partial charge in [0.25, 0.3) is 0 Å². The smallest absolute Gasteiger partial charge is 0.312 e. The van der Waals surface area contributed by atoms with Crippen LogP contribution in [0.1, 0.15) is 40.5 Å². The van der Waals surface area contributed by atoms with Crippen LogP contribution in [0.15, 0.2) is 12.5 Å². The van der Waals surface area contributed by atoms with E-state index < -0.39 is 0 Å². The van der Waals surface area contributed by atoms with E-state index in [1.54, 1.807) is 0 Å². The Kier molecular flexibility index (Phi) is 4.10. The number of rotatable bonds is 4. The zero-order valence-corrected chi connectivity index (χ0v) is 10.4. The Balaban J connectivity index is 2.34. The molecule has 0 aromatic carbocycles. The minimum Gasteiger partial charge on any atom is -0.408 e. The van der Waals surface area contributed by atoms with Crippen molar-refractivity contribution in [1.29, 1.82) is 0 Å². The van der Waals surface area contributed by atoms with Gasteiger partial charge in [-0.25, -0.2) is 4.98 Å². The first kappa shape index (κ1) is 12.7. The number of nitrogens with zero attached hydrogens (tertiary/aromatic N) is 1. The summed E-state index contributed by atoms with van der Waals surface area (Å²) in [6.07, 6.45) is 4.43. The minimum atomic E-state index is -0.207. The standard InChI is InChI=1S/C12H20N2O2/c1-9(6-12(2,3)4)5-11(15)16-10-7-13-8-14-10/h7-9H,5-6H2,1-4H3,(H,13,14). The molecule has 1 rings (SSSR count). The summed E-state index contributed by atoms with van der Waals surface area (Å²) in [7, 11) is 0. The monoisotopic (exact) mass is 224 g/mol. The predicted octanol–water partition coefficient (Wildman–Crippen LogP) is 2.78. The van der Waals surface area contributed by atoms with E-state index in [1.165, 1.54) is 12.5 Å². The average molecular weight is 224 g/mol. The molecular weight excluding hydrogens is 204 g/mol. The van der Waals surface area contributed by atoms with E-state index >= 15 is 0 Å². The van der Waals surface area contributed by atoms with E-state index in [0.29, 0.717) is 18.2 Å². The van der Waals surface area contributed by atoms with E-state index in [9.17, 15) is 4.79 Å². The molecule has 1 heterocycles. The summed E-state index contributed by atoms with van der Waals surface area (Å²) in [4.78, 5) is 18.1. The van der Waals surface area contributed by atoms with Crippen molar-refractivity contribution < 1.29 is 9.53 Å². The van der Waals surface area contributed by atoms with Crippen molar-refractivity contribution in [2.24, 2.45) is 11.3 Å². The van der Waals surface area contributed by atoms with E-state index in [4.69, 9.17) is 4.74 Å². The first-order chi connectivity index (χ1) is 7.37. The van der Waals surface area contributed by atoms with Gasteiger partial charge in [0.15, 0.2) is 0 Å². The minimum absolute atomic E-state index is 0.207. The fourth-order valence-corrected chi connectivity index (χ4v) is 1.87. The number of ether oxygens (including phenoxy) is 1. The zero-order valence-electron chi connectivity index (χ0n) is 10.4. The molecule has 0 amide bonds. The number of aromatic nitrogens is 2. The lowest BCUT2D eigenvalue weighted by molar-refractivity contribution is -0.135. The maximum absolute atomic E-state index is 11.5. The van der Waals surface area contributed by atoms with Crippen LogP contribution in [0.5, 0.6) is 5.88 Å².